The van der Waals surface area contributed by atoms with Crippen LogP contribution in [-0.2, 0) is 0 Å². The van der Waals surface area contributed by atoms with E-state index < -0.39 is 0 Å². The molecule has 2 aromatic carbocycles. The molecule has 0 radical (unpaired) electrons. The minimum absolute atomic E-state index is 0.000388. The number of carbonyl (C=O) groups excluding carboxylic acids is 1. The Kier molecular flexibility index (Phi) is 4.57. The molecule has 1 unspecified atom stereocenters. The zero-order chi connectivity index (χ0) is 14.5. The van der Waals surface area contributed by atoms with Crippen molar-refractivity contribution < 1.29 is 4.79 Å². The van der Waals surface area contributed by atoms with Crippen molar-refractivity contribution in [3.63, 3.8) is 0 Å². The van der Waals surface area contributed by atoms with Gasteiger partial charge < -0.3 is 5.32 Å². The fourth-order valence-corrected chi connectivity index (χ4v) is 2.35. The van der Waals surface area contributed by atoms with Crippen molar-refractivity contribution in [2.24, 2.45) is 0 Å². The molecule has 2 nitrogen and oxygen atoms in total. The van der Waals surface area contributed by atoms with E-state index in [1.807, 2.05) is 44.2 Å². The number of rotatable bonds is 4. The van der Waals surface area contributed by atoms with Crippen molar-refractivity contribution in [1.29, 1.82) is 0 Å². The average molecular weight is 267 g/mol. The Labute approximate surface area is 120 Å². The van der Waals surface area contributed by atoms with Gasteiger partial charge in [-0.25, -0.2) is 0 Å². The standard InChI is InChI=1S/C18H21NO/c1-13-9-14(2)11-17(10-13)18(20)19-12-15(3)16-7-5-4-6-8-16/h4-11,15H,12H2,1-3H3,(H,19,20). The van der Waals surface area contributed by atoms with Gasteiger partial charge in [-0.2, -0.15) is 0 Å². The molecule has 0 saturated heterocycles. The largest absolute Gasteiger partial charge is 0.351 e. The van der Waals surface area contributed by atoms with Gasteiger partial charge in [-0.05, 0) is 37.5 Å². The molecular weight excluding hydrogens is 246 g/mol. The molecule has 0 aliphatic rings. The SMILES string of the molecule is Cc1cc(C)cc(C(=O)NCC(C)c2ccccc2)c1. The van der Waals surface area contributed by atoms with Crippen molar-refractivity contribution in [3.8, 4) is 0 Å². The van der Waals surface area contributed by atoms with Crippen LogP contribution in [0.4, 0.5) is 0 Å². The van der Waals surface area contributed by atoms with Gasteiger partial charge in [-0.3, -0.25) is 4.79 Å². The number of aryl methyl sites for hydroxylation is 2. The number of hydrogen-bond donors (Lipinski definition) is 1. The third-order valence-electron chi connectivity index (χ3n) is 3.42. The molecule has 104 valence electrons. The predicted molar refractivity (Wildman–Crippen MR) is 83.1 cm³/mol. The van der Waals surface area contributed by atoms with E-state index in [-0.39, 0.29) is 5.91 Å². The number of amides is 1. The first-order valence-corrected chi connectivity index (χ1v) is 6.97. The van der Waals surface area contributed by atoms with Gasteiger partial charge >= 0.3 is 0 Å². The van der Waals surface area contributed by atoms with Gasteiger partial charge in [0.15, 0.2) is 0 Å². The lowest BCUT2D eigenvalue weighted by Crippen LogP contribution is -2.27. The molecule has 1 amide bonds. The summed E-state index contributed by atoms with van der Waals surface area (Å²) >= 11 is 0. The lowest BCUT2D eigenvalue weighted by atomic mass is 10.0. The molecule has 0 fully saturated rings. The van der Waals surface area contributed by atoms with Crippen LogP contribution in [0.15, 0.2) is 48.5 Å². The van der Waals surface area contributed by atoms with Crippen LogP contribution in [0.2, 0.25) is 0 Å². The lowest BCUT2D eigenvalue weighted by molar-refractivity contribution is 0.0951. The van der Waals surface area contributed by atoms with E-state index in [0.29, 0.717) is 12.5 Å². The summed E-state index contributed by atoms with van der Waals surface area (Å²) in [5, 5.41) is 3.01. The van der Waals surface area contributed by atoms with Gasteiger partial charge in [0.2, 0.25) is 0 Å². The first-order chi connectivity index (χ1) is 9.56. The fraction of sp³-hybridized carbons (Fsp3) is 0.278. The lowest BCUT2D eigenvalue weighted by Gasteiger charge is -2.13. The zero-order valence-electron chi connectivity index (χ0n) is 12.3. The summed E-state index contributed by atoms with van der Waals surface area (Å²) in [6, 6.07) is 16.2. The second kappa shape index (κ2) is 6.38. The van der Waals surface area contributed by atoms with Gasteiger partial charge in [-0.15, -0.1) is 0 Å². The summed E-state index contributed by atoms with van der Waals surface area (Å²) in [7, 11) is 0. The van der Waals surface area contributed by atoms with E-state index in [0.717, 1.165) is 16.7 Å². The van der Waals surface area contributed by atoms with Crippen LogP contribution in [0.3, 0.4) is 0 Å². The second-order valence-corrected chi connectivity index (χ2v) is 5.40. The Morgan fingerprint density at radius 3 is 2.25 bits per heavy atom. The fourth-order valence-electron chi connectivity index (χ4n) is 2.35. The number of hydrogen-bond acceptors (Lipinski definition) is 1. The topological polar surface area (TPSA) is 29.1 Å². The van der Waals surface area contributed by atoms with Crippen molar-refractivity contribution in [1.82, 2.24) is 5.32 Å². The zero-order valence-corrected chi connectivity index (χ0v) is 12.3. The summed E-state index contributed by atoms with van der Waals surface area (Å²) in [4.78, 5) is 12.2. The van der Waals surface area contributed by atoms with Crippen LogP contribution in [0.5, 0.6) is 0 Å². The molecule has 1 N–H and O–H groups in total. The first-order valence-electron chi connectivity index (χ1n) is 6.97. The monoisotopic (exact) mass is 267 g/mol. The minimum Gasteiger partial charge on any atom is -0.351 e. The molecular formula is C18H21NO. The van der Waals surface area contributed by atoms with E-state index in [2.05, 4.69) is 30.4 Å². The maximum absolute atomic E-state index is 12.2. The van der Waals surface area contributed by atoms with Gasteiger partial charge in [0.05, 0.1) is 0 Å². The molecule has 0 spiro atoms. The molecule has 2 rings (SSSR count). The van der Waals surface area contributed by atoms with Crippen molar-refractivity contribution in [2.75, 3.05) is 6.54 Å². The molecule has 20 heavy (non-hydrogen) atoms. The van der Waals surface area contributed by atoms with E-state index in [1.54, 1.807) is 0 Å². The Hall–Kier alpha value is -2.09. The Bertz CT molecular complexity index is 569. The first kappa shape index (κ1) is 14.3. The molecule has 0 bridgehead atoms. The third kappa shape index (κ3) is 3.70. The Morgan fingerprint density at radius 2 is 1.65 bits per heavy atom. The van der Waals surface area contributed by atoms with Gasteiger partial charge in [-0.1, -0.05) is 54.4 Å². The van der Waals surface area contributed by atoms with Crippen LogP contribution in [0.25, 0.3) is 0 Å². The molecule has 2 heteroatoms. The minimum atomic E-state index is -0.000388. The van der Waals surface area contributed by atoms with Gasteiger partial charge in [0, 0.05) is 12.1 Å². The summed E-state index contributed by atoms with van der Waals surface area (Å²) < 4.78 is 0. The highest BCUT2D eigenvalue weighted by Gasteiger charge is 2.09. The van der Waals surface area contributed by atoms with Crippen LogP contribution < -0.4 is 5.32 Å². The predicted octanol–water partition coefficient (Wildman–Crippen LogP) is 3.84. The van der Waals surface area contributed by atoms with Crippen LogP contribution in [0, 0.1) is 13.8 Å². The summed E-state index contributed by atoms with van der Waals surface area (Å²) in [6.07, 6.45) is 0. The normalized spacial score (nSPS) is 11.9. The highest BCUT2D eigenvalue weighted by molar-refractivity contribution is 5.94. The molecule has 0 aliphatic heterocycles. The van der Waals surface area contributed by atoms with Crippen LogP contribution >= 0.6 is 0 Å². The van der Waals surface area contributed by atoms with Gasteiger partial charge in [0.1, 0.15) is 0 Å². The molecule has 0 saturated carbocycles. The highest BCUT2D eigenvalue weighted by atomic mass is 16.1. The van der Waals surface area contributed by atoms with E-state index in [9.17, 15) is 4.79 Å². The smallest absolute Gasteiger partial charge is 0.251 e. The number of nitrogens with one attached hydrogen (secondary N) is 1. The Morgan fingerprint density at radius 1 is 1.05 bits per heavy atom. The van der Waals surface area contributed by atoms with Crippen molar-refractivity contribution >= 4 is 5.91 Å². The van der Waals surface area contributed by atoms with Gasteiger partial charge in [0.25, 0.3) is 5.91 Å². The van der Waals surface area contributed by atoms with Crippen molar-refractivity contribution in [3.05, 3.63) is 70.8 Å². The third-order valence-corrected chi connectivity index (χ3v) is 3.42. The summed E-state index contributed by atoms with van der Waals surface area (Å²) in [6.45, 7) is 6.79. The second-order valence-electron chi connectivity index (χ2n) is 5.40. The molecule has 2 aromatic rings. The molecule has 0 aliphatic carbocycles. The highest BCUT2D eigenvalue weighted by Crippen LogP contribution is 2.14. The summed E-state index contributed by atoms with van der Waals surface area (Å²) in [5.74, 6) is 0.311. The number of benzene rings is 2. The summed E-state index contributed by atoms with van der Waals surface area (Å²) in [5.41, 5.74) is 4.22. The van der Waals surface area contributed by atoms with Crippen LogP contribution in [0.1, 0.15) is 39.9 Å². The Balaban J connectivity index is 1.98. The number of carbonyl (C=O) groups is 1. The maximum atomic E-state index is 12.2. The van der Waals surface area contributed by atoms with Crippen molar-refractivity contribution in [2.45, 2.75) is 26.7 Å². The quantitative estimate of drug-likeness (QED) is 0.896. The molecule has 1 atom stereocenters. The molecule has 0 aromatic heterocycles. The molecule has 0 heterocycles. The van der Waals surface area contributed by atoms with E-state index in [1.165, 1.54) is 5.56 Å². The maximum Gasteiger partial charge on any atom is 0.251 e. The average Bonchev–Trinajstić information content (AvgIpc) is 2.44. The van der Waals surface area contributed by atoms with E-state index >= 15 is 0 Å². The van der Waals surface area contributed by atoms with Crippen LogP contribution in [-0.4, -0.2) is 12.5 Å². The van der Waals surface area contributed by atoms with E-state index in [4.69, 9.17) is 0 Å².